The highest BCUT2D eigenvalue weighted by atomic mass is 32.2. The Morgan fingerprint density at radius 2 is 2.17 bits per heavy atom. The van der Waals surface area contributed by atoms with Crippen LogP contribution in [0.4, 0.5) is 0 Å². The van der Waals surface area contributed by atoms with Crippen molar-refractivity contribution >= 4 is 21.4 Å². The van der Waals surface area contributed by atoms with Gasteiger partial charge in [-0.2, -0.15) is 0 Å². The van der Waals surface area contributed by atoms with Crippen LogP contribution in [0.5, 0.6) is 0 Å². The number of hydrogen-bond acceptors (Lipinski definition) is 5. The van der Waals surface area contributed by atoms with E-state index < -0.39 is 10.0 Å². The summed E-state index contributed by atoms with van der Waals surface area (Å²) in [5.74, 6) is 0.563. The number of imidazole rings is 1. The van der Waals surface area contributed by atoms with E-state index in [4.69, 9.17) is 0 Å². The van der Waals surface area contributed by atoms with Crippen molar-refractivity contribution in [1.82, 2.24) is 19.7 Å². The Hall–Kier alpha value is -1.25. The molecule has 0 saturated carbocycles. The van der Waals surface area contributed by atoms with Crippen LogP contribution in [0, 0.1) is 13.8 Å². The Kier molecular flexibility index (Phi) is 3.51. The van der Waals surface area contributed by atoms with Crippen LogP contribution < -0.4 is 4.72 Å². The molecule has 8 heteroatoms. The molecule has 2 rings (SSSR count). The average Bonchev–Trinajstić information content (AvgIpc) is 2.86. The molecule has 0 aliphatic rings. The first-order valence-corrected chi connectivity index (χ1v) is 7.71. The molecule has 0 spiro atoms. The Morgan fingerprint density at radius 3 is 2.67 bits per heavy atom. The summed E-state index contributed by atoms with van der Waals surface area (Å²) in [6.07, 6.45) is 1.30. The van der Waals surface area contributed by atoms with Gasteiger partial charge in [-0.15, -0.1) is 11.3 Å². The summed E-state index contributed by atoms with van der Waals surface area (Å²) >= 11 is 1.43. The SMILES string of the molecule is Cc1csc(C(C)NS(=O)(=O)c2cnc(C)[nH]2)n1. The van der Waals surface area contributed by atoms with Gasteiger partial charge < -0.3 is 4.98 Å². The Bertz CT molecular complexity index is 644. The van der Waals surface area contributed by atoms with E-state index in [0.29, 0.717) is 5.82 Å². The van der Waals surface area contributed by atoms with Crippen LogP contribution in [0.2, 0.25) is 0 Å². The quantitative estimate of drug-likeness (QED) is 0.892. The normalized spacial score (nSPS) is 13.7. The van der Waals surface area contributed by atoms with Crippen molar-refractivity contribution in [3.05, 3.63) is 28.1 Å². The topological polar surface area (TPSA) is 87.7 Å². The fraction of sp³-hybridized carbons (Fsp3) is 0.400. The fourth-order valence-corrected chi connectivity index (χ4v) is 3.51. The van der Waals surface area contributed by atoms with Gasteiger partial charge in [0.1, 0.15) is 10.8 Å². The fourth-order valence-electron chi connectivity index (χ4n) is 1.45. The molecular formula is C10H14N4O2S2. The van der Waals surface area contributed by atoms with Crippen molar-refractivity contribution in [3.8, 4) is 0 Å². The van der Waals surface area contributed by atoms with Gasteiger partial charge in [0.2, 0.25) is 0 Å². The highest BCUT2D eigenvalue weighted by Gasteiger charge is 2.21. The molecule has 0 radical (unpaired) electrons. The number of H-pyrrole nitrogens is 1. The lowest BCUT2D eigenvalue weighted by atomic mass is 10.4. The van der Waals surface area contributed by atoms with Gasteiger partial charge in [-0.05, 0) is 20.8 Å². The van der Waals surface area contributed by atoms with Gasteiger partial charge in [0, 0.05) is 11.1 Å². The number of sulfonamides is 1. The van der Waals surface area contributed by atoms with E-state index in [-0.39, 0.29) is 11.1 Å². The van der Waals surface area contributed by atoms with Gasteiger partial charge in [-0.25, -0.2) is 23.1 Å². The zero-order valence-electron chi connectivity index (χ0n) is 10.3. The second-order valence-corrected chi connectivity index (χ2v) is 6.58. The van der Waals surface area contributed by atoms with Crippen molar-refractivity contribution in [2.75, 3.05) is 0 Å². The summed E-state index contributed by atoms with van der Waals surface area (Å²) < 4.78 is 26.6. The number of aryl methyl sites for hydroxylation is 2. The molecular weight excluding hydrogens is 272 g/mol. The molecule has 2 aromatic rings. The molecule has 2 N–H and O–H groups in total. The van der Waals surface area contributed by atoms with Gasteiger partial charge in [-0.3, -0.25) is 0 Å². The second-order valence-electron chi connectivity index (χ2n) is 4.00. The first-order valence-electron chi connectivity index (χ1n) is 5.34. The highest BCUT2D eigenvalue weighted by molar-refractivity contribution is 7.89. The third-order valence-corrected chi connectivity index (χ3v) is 4.90. The predicted octanol–water partition coefficient (Wildman–Crippen LogP) is 1.52. The lowest BCUT2D eigenvalue weighted by Gasteiger charge is -2.10. The number of rotatable bonds is 4. The average molecular weight is 286 g/mol. The van der Waals surface area contributed by atoms with Crippen LogP contribution in [0.15, 0.2) is 16.6 Å². The van der Waals surface area contributed by atoms with Crippen molar-refractivity contribution in [2.24, 2.45) is 0 Å². The first-order chi connectivity index (χ1) is 8.38. The van der Waals surface area contributed by atoms with Crippen molar-refractivity contribution in [2.45, 2.75) is 31.8 Å². The molecule has 0 bridgehead atoms. The van der Waals surface area contributed by atoms with Crippen molar-refractivity contribution in [1.29, 1.82) is 0 Å². The Labute approximate surface area is 110 Å². The van der Waals surface area contributed by atoms with E-state index in [1.165, 1.54) is 17.5 Å². The maximum atomic E-state index is 12.0. The van der Waals surface area contributed by atoms with E-state index in [9.17, 15) is 8.42 Å². The number of nitrogens with zero attached hydrogens (tertiary/aromatic N) is 2. The van der Waals surface area contributed by atoms with Crippen molar-refractivity contribution < 1.29 is 8.42 Å². The van der Waals surface area contributed by atoms with Crippen LogP contribution in [-0.4, -0.2) is 23.4 Å². The van der Waals surface area contributed by atoms with E-state index in [1.807, 2.05) is 12.3 Å². The molecule has 2 aromatic heterocycles. The first kappa shape index (κ1) is 13.2. The molecule has 1 unspecified atom stereocenters. The Morgan fingerprint density at radius 1 is 1.44 bits per heavy atom. The molecule has 2 heterocycles. The molecule has 0 fully saturated rings. The molecule has 0 aliphatic heterocycles. The molecule has 0 amide bonds. The Balaban J connectivity index is 2.18. The van der Waals surface area contributed by atoms with Gasteiger partial charge in [0.15, 0.2) is 5.03 Å². The third kappa shape index (κ3) is 2.77. The zero-order valence-corrected chi connectivity index (χ0v) is 11.9. The molecule has 0 aliphatic carbocycles. The van der Waals surface area contributed by atoms with Crippen LogP contribution >= 0.6 is 11.3 Å². The van der Waals surface area contributed by atoms with Gasteiger partial charge in [-0.1, -0.05) is 0 Å². The summed E-state index contributed by atoms with van der Waals surface area (Å²) in [5, 5.41) is 2.70. The lowest BCUT2D eigenvalue weighted by molar-refractivity contribution is 0.563. The minimum Gasteiger partial charge on any atom is -0.332 e. The van der Waals surface area contributed by atoms with Crippen molar-refractivity contribution in [3.63, 3.8) is 0 Å². The number of aromatic nitrogens is 3. The van der Waals surface area contributed by atoms with E-state index in [0.717, 1.165) is 10.7 Å². The minimum absolute atomic E-state index is 0.0696. The number of hydrogen-bond donors (Lipinski definition) is 2. The molecule has 18 heavy (non-hydrogen) atoms. The number of aromatic amines is 1. The van der Waals surface area contributed by atoms with Crippen LogP contribution in [0.25, 0.3) is 0 Å². The van der Waals surface area contributed by atoms with Gasteiger partial charge >= 0.3 is 0 Å². The minimum atomic E-state index is -3.58. The third-order valence-electron chi connectivity index (χ3n) is 2.31. The zero-order chi connectivity index (χ0) is 13.3. The van der Waals surface area contributed by atoms with Gasteiger partial charge in [0.05, 0.1) is 12.2 Å². The standard InChI is InChI=1S/C10H14N4O2S2/c1-6-5-17-10(12-6)7(2)14-18(15,16)9-4-11-8(3)13-9/h4-5,7,14H,1-3H3,(H,11,13). The summed E-state index contributed by atoms with van der Waals surface area (Å²) in [4.78, 5) is 10.8. The molecule has 1 atom stereocenters. The summed E-state index contributed by atoms with van der Waals surface area (Å²) in [5.41, 5.74) is 0.887. The van der Waals surface area contributed by atoms with E-state index >= 15 is 0 Å². The molecule has 6 nitrogen and oxygen atoms in total. The lowest BCUT2D eigenvalue weighted by Crippen LogP contribution is -2.27. The highest BCUT2D eigenvalue weighted by Crippen LogP contribution is 2.19. The summed E-state index contributed by atoms with van der Waals surface area (Å²) in [7, 11) is -3.58. The van der Waals surface area contributed by atoms with Crippen LogP contribution in [-0.2, 0) is 10.0 Å². The molecule has 98 valence electrons. The van der Waals surface area contributed by atoms with E-state index in [2.05, 4.69) is 19.7 Å². The number of thiazole rings is 1. The summed E-state index contributed by atoms with van der Waals surface area (Å²) in [6.45, 7) is 5.34. The van der Waals surface area contributed by atoms with Gasteiger partial charge in [0.25, 0.3) is 10.0 Å². The summed E-state index contributed by atoms with van der Waals surface area (Å²) in [6, 6.07) is -0.364. The molecule has 0 aromatic carbocycles. The predicted molar refractivity (Wildman–Crippen MR) is 68.9 cm³/mol. The largest absolute Gasteiger partial charge is 0.332 e. The second kappa shape index (κ2) is 4.79. The smallest absolute Gasteiger partial charge is 0.258 e. The molecule has 0 saturated heterocycles. The maximum Gasteiger partial charge on any atom is 0.258 e. The number of nitrogens with one attached hydrogen (secondary N) is 2. The monoisotopic (exact) mass is 286 g/mol. The maximum absolute atomic E-state index is 12.0. The van der Waals surface area contributed by atoms with Crippen LogP contribution in [0.1, 0.15) is 29.5 Å². The van der Waals surface area contributed by atoms with E-state index in [1.54, 1.807) is 13.8 Å². The van der Waals surface area contributed by atoms with Crippen LogP contribution in [0.3, 0.4) is 0 Å².